The van der Waals surface area contributed by atoms with Crippen LogP contribution < -0.4 is 5.73 Å². The molecule has 0 spiro atoms. The Labute approximate surface area is 118 Å². The summed E-state index contributed by atoms with van der Waals surface area (Å²) in [6.07, 6.45) is 0. The quantitative estimate of drug-likeness (QED) is 0.927. The van der Waals surface area contributed by atoms with Crippen molar-refractivity contribution in [1.82, 2.24) is 4.90 Å². The molecule has 1 unspecified atom stereocenters. The van der Waals surface area contributed by atoms with E-state index in [0.717, 1.165) is 18.2 Å². The summed E-state index contributed by atoms with van der Waals surface area (Å²) in [7, 11) is 1.54. The van der Waals surface area contributed by atoms with Crippen LogP contribution >= 0.6 is 0 Å². The van der Waals surface area contributed by atoms with E-state index in [2.05, 4.69) is 0 Å². The molecular weight excluding hydrogens is 262 g/mol. The van der Waals surface area contributed by atoms with Crippen molar-refractivity contribution in [3.63, 3.8) is 0 Å². The first-order valence-electron chi connectivity index (χ1n) is 6.53. The largest absolute Gasteiger partial charge is 0.338 e. The van der Waals surface area contributed by atoms with Crippen molar-refractivity contribution in [2.24, 2.45) is 11.1 Å². The molecule has 20 heavy (non-hydrogen) atoms. The molecule has 0 radical (unpaired) electrons. The SMILES string of the molecule is CC(c1cc(F)ccc1F)N(C)C(=O)[C@@H](N)C(C)(C)C. The van der Waals surface area contributed by atoms with Crippen LogP contribution in [-0.2, 0) is 4.79 Å². The highest BCUT2D eigenvalue weighted by molar-refractivity contribution is 5.82. The fourth-order valence-electron chi connectivity index (χ4n) is 1.82. The monoisotopic (exact) mass is 284 g/mol. The van der Waals surface area contributed by atoms with Crippen LogP contribution in [0.15, 0.2) is 18.2 Å². The van der Waals surface area contributed by atoms with E-state index in [4.69, 9.17) is 5.73 Å². The van der Waals surface area contributed by atoms with E-state index in [9.17, 15) is 13.6 Å². The normalized spacial score (nSPS) is 14.8. The van der Waals surface area contributed by atoms with Crippen LogP contribution in [-0.4, -0.2) is 23.9 Å². The summed E-state index contributed by atoms with van der Waals surface area (Å²) in [5, 5.41) is 0. The first-order chi connectivity index (χ1) is 9.05. The van der Waals surface area contributed by atoms with Crippen LogP contribution in [0, 0.1) is 17.0 Å². The molecule has 1 rings (SSSR count). The van der Waals surface area contributed by atoms with Gasteiger partial charge in [0.05, 0.1) is 12.1 Å². The average Bonchev–Trinajstić information content (AvgIpc) is 2.37. The molecule has 2 N–H and O–H groups in total. The van der Waals surface area contributed by atoms with Gasteiger partial charge in [-0.3, -0.25) is 4.79 Å². The number of carbonyl (C=O) groups is 1. The number of amides is 1. The van der Waals surface area contributed by atoms with Crippen molar-refractivity contribution in [2.75, 3.05) is 7.05 Å². The fraction of sp³-hybridized carbons (Fsp3) is 0.533. The lowest BCUT2D eigenvalue weighted by molar-refractivity contribution is -0.135. The van der Waals surface area contributed by atoms with Gasteiger partial charge in [0.15, 0.2) is 0 Å². The maximum atomic E-state index is 13.7. The molecule has 0 aliphatic heterocycles. The summed E-state index contributed by atoms with van der Waals surface area (Å²) in [5.41, 5.74) is 5.66. The van der Waals surface area contributed by atoms with Gasteiger partial charge >= 0.3 is 0 Å². The Morgan fingerprint density at radius 1 is 1.30 bits per heavy atom. The summed E-state index contributed by atoms with van der Waals surface area (Å²) < 4.78 is 27.0. The predicted molar refractivity (Wildman–Crippen MR) is 75.0 cm³/mol. The number of halogens is 2. The summed E-state index contributed by atoms with van der Waals surface area (Å²) in [6.45, 7) is 7.22. The number of likely N-dealkylation sites (N-methyl/N-ethyl adjacent to an activating group) is 1. The topological polar surface area (TPSA) is 46.3 Å². The minimum absolute atomic E-state index is 0.141. The zero-order valence-electron chi connectivity index (χ0n) is 12.6. The summed E-state index contributed by atoms with van der Waals surface area (Å²) in [5.74, 6) is -1.37. The molecular formula is C15H22F2N2O. The van der Waals surface area contributed by atoms with Crippen molar-refractivity contribution in [3.05, 3.63) is 35.4 Å². The number of hydrogen-bond acceptors (Lipinski definition) is 2. The van der Waals surface area contributed by atoms with E-state index in [1.165, 1.54) is 4.90 Å². The third-order valence-electron chi connectivity index (χ3n) is 3.54. The lowest BCUT2D eigenvalue weighted by Gasteiger charge is -2.33. The van der Waals surface area contributed by atoms with Crippen LogP contribution in [0.4, 0.5) is 8.78 Å². The van der Waals surface area contributed by atoms with E-state index in [0.29, 0.717) is 0 Å². The molecule has 1 aromatic rings. The van der Waals surface area contributed by atoms with Gasteiger partial charge < -0.3 is 10.6 Å². The molecule has 0 bridgehead atoms. The minimum atomic E-state index is -0.702. The molecule has 0 fully saturated rings. The molecule has 1 amide bonds. The molecule has 0 saturated carbocycles. The van der Waals surface area contributed by atoms with Crippen molar-refractivity contribution in [2.45, 2.75) is 39.8 Å². The molecule has 0 aliphatic rings. The number of hydrogen-bond donors (Lipinski definition) is 1. The first kappa shape index (κ1) is 16.6. The molecule has 0 saturated heterocycles. The van der Waals surface area contributed by atoms with E-state index in [-0.39, 0.29) is 11.5 Å². The van der Waals surface area contributed by atoms with Crippen LogP contribution in [0.3, 0.4) is 0 Å². The minimum Gasteiger partial charge on any atom is -0.338 e. The Morgan fingerprint density at radius 3 is 2.35 bits per heavy atom. The Kier molecular flexibility index (Phi) is 4.86. The van der Waals surface area contributed by atoms with E-state index < -0.39 is 29.1 Å². The molecule has 0 heterocycles. The van der Waals surface area contributed by atoms with Gasteiger partial charge in [-0.05, 0) is 30.5 Å². The van der Waals surface area contributed by atoms with Crippen LogP contribution in [0.25, 0.3) is 0 Å². The smallest absolute Gasteiger partial charge is 0.240 e. The molecule has 2 atom stereocenters. The maximum Gasteiger partial charge on any atom is 0.240 e. The zero-order valence-corrected chi connectivity index (χ0v) is 12.6. The van der Waals surface area contributed by atoms with Gasteiger partial charge in [-0.25, -0.2) is 8.78 Å². The second-order valence-electron chi connectivity index (χ2n) is 6.13. The van der Waals surface area contributed by atoms with Gasteiger partial charge in [0.1, 0.15) is 11.6 Å². The first-order valence-corrected chi connectivity index (χ1v) is 6.53. The molecule has 3 nitrogen and oxygen atoms in total. The lowest BCUT2D eigenvalue weighted by Crippen LogP contribution is -2.49. The average molecular weight is 284 g/mol. The highest BCUT2D eigenvalue weighted by atomic mass is 19.1. The standard InChI is InChI=1S/C15H22F2N2O/c1-9(11-8-10(16)6-7-12(11)17)19(5)14(20)13(18)15(2,3)4/h6-9,13H,18H2,1-5H3/t9?,13-/m1/s1. The van der Waals surface area contributed by atoms with E-state index in [1.807, 2.05) is 20.8 Å². The van der Waals surface area contributed by atoms with Crippen molar-refractivity contribution in [1.29, 1.82) is 0 Å². The second kappa shape index (κ2) is 5.87. The number of carbonyl (C=O) groups excluding carboxylic acids is 1. The van der Waals surface area contributed by atoms with Gasteiger partial charge in [-0.2, -0.15) is 0 Å². The number of nitrogens with zero attached hydrogens (tertiary/aromatic N) is 1. The Balaban J connectivity index is 2.99. The molecule has 0 aromatic heterocycles. The van der Waals surface area contributed by atoms with Crippen LogP contribution in [0.5, 0.6) is 0 Å². The predicted octanol–water partition coefficient (Wildman–Crippen LogP) is 2.86. The lowest BCUT2D eigenvalue weighted by atomic mass is 9.86. The Morgan fingerprint density at radius 2 is 1.85 bits per heavy atom. The van der Waals surface area contributed by atoms with Crippen molar-refractivity contribution in [3.8, 4) is 0 Å². The van der Waals surface area contributed by atoms with Gasteiger partial charge in [0.25, 0.3) is 0 Å². The molecule has 0 aliphatic carbocycles. The number of rotatable bonds is 3. The summed E-state index contributed by atoms with van der Waals surface area (Å²) >= 11 is 0. The number of benzene rings is 1. The molecule has 1 aromatic carbocycles. The van der Waals surface area contributed by atoms with E-state index >= 15 is 0 Å². The van der Waals surface area contributed by atoms with Gasteiger partial charge in [0.2, 0.25) is 5.91 Å². The Hall–Kier alpha value is -1.49. The third-order valence-corrected chi connectivity index (χ3v) is 3.54. The highest BCUT2D eigenvalue weighted by Crippen LogP contribution is 2.26. The summed E-state index contributed by atoms with van der Waals surface area (Å²) in [4.78, 5) is 13.6. The highest BCUT2D eigenvalue weighted by Gasteiger charge is 2.32. The molecule has 112 valence electrons. The number of nitrogens with two attached hydrogens (primary N) is 1. The third kappa shape index (κ3) is 3.54. The van der Waals surface area contributed by atoms with Crippen LogP contribution in [0.1, 0.15) is 39.3 Å². The van der Waals surface area contributed by atoms with Gasteiger partial charge in [-0.15, -0.1) is 0 Å². The summed E-state index contributed by atoms with van der Waals surface area (Å²) in [6, 6.07) is 1.92. The fourth-order valence-corrected chi connectivity index (χ4v) is 1.82. The van der Waals surface area contributed by atoms with Crippen molar-refractivity contribution >= 4 is 5.91 Å². The Bertz CT molecular complexity index is 497. The van der Waals surface area contributed by atoms with Gasteiger partial charge in [-0.1, -0.05) is 20.8 Å². The van der Waals surface area contributed by atoms with Crippen LogP contribution in [0.2, 0.25) is 0 Å². The second-order valence-corrected chi connectivity index (χ2v) is 6.13. The van der Waals surface area contributed by atoms with E-state index in [1.54, 1.807) is 14.0 Å². The van der Waals surface area contributed by atoms with Crippen molar-refractivity contribution < 1.29 is 13.6 Å². The maximum absolute atomic E-state index is 13.7. The molecule has 5 heteroatoms. The van der Waals surface area contributed by atoms with Gasteiger partial charge in [0, 0.05) is 12.6 Å². The zero-order chi connectivity index (χ0) is 15.7.